The molecule has 0 bridgehead atoms. The maximum Gasteiger partial charge on any atom is 0.287 e. The molecule has 274 valence electrons. The van der Waals surface area contributed by atoms with Gasteiger partial charge in [0.25, 0.3) is 5.91 Å². The smallest absolute Gasteiger partial charge is 0.287 e. The zero-order valence-electron chi connectivity index (χ0n) is 29.7. The van der Waals surface area contributed by atoms with Gasteiger partial charge in [0.05, 0.1) is 17.3 Å². The molecule has 5 aromatic rings. The van der Waals surface area contributed by atoms with Crippen molar-refractivity contribution < 1.29 is 27.2 Å². The summed E-state index contributed by atoms with van der Waals surface area (Å²) in [6, 6.07) is 26.3. The molecule has 53 heavy (non-hydrogen) atoms. The topological polar surface area (TPSA) is 141 Å². The van der Waals surface area contributed by atoms with Crippen LogP contribution in [0.5, 0.6) is 0 Å². The molecule has 2 fully saturated rings. The second-order valence-electron chi connectivity index (χ2n) is 13.7. The lowest BCUT2D eigenvalue weighted by Crippen LogP contribution is -2.55. The van der Waals surface area contributed by atoms with E-state index in [-0.39, 0.29) is 40.7 Å². The van der Waals surface area contributed by atoms with Gasteiger partial charge in [-0.3, -0.25) is 23.5 Å². The average Bonchev–Trinajstić information content (AvgIpc) is 3.57. The van der Waals surface area contributed by atoms with E-state index in [9.17, 15) is 27.6 Å². The number of rotatable bonds is 10. The minimum atomic E-state index is -3.57. The minimum absolute atomic E-state index is 0.108. The first-order chi connectivity index (χ1) is 25.4. The molecule has 2 aliphatic rings. The lowest BCUT2D eigenvalue weighted by molar-refractivity contribution is -0.133. The standard InChI is InChI=1S/C40H41N5O7S/c1-42(53(2,50)51)31-15-16-36-32(24-31)35(46)25-37(52-36)39(48)41-33(23-27-13-14-28-8-3-4-9-29(28)22-27)40(49)44-20-18-43(19-21-44)34-11-6-5-10-30(34)26-45-17-7-12-38(45)47/h3-6,8-11,13-16,22,24-25,33H,7,12,17-21,23,26H2,1-2H3,(H,41,48)/t33-/m1/s1. The van der Waals surface area contributed by atoms with E-state index in [1.165, 1.54) is 25.2 Å². The van der Waals surface area contributed by atoms with E-state index in [1.54, 1.807) is 4.90 Å². The van der Waals surface area contributed by atoms with E-state index in [2.05, 4.69) is 16.3 Å². The van der Waals surface area contributed by atoms with E-state index in [1.807, 2.05) is 65.6 Å². The number of nitrogens with zero attached hydrogens (tertiary/aromatic N) is 4. The molecule has 0 unspecified atom stereocenters. The van der Waals surface area contributed by atoms with Gasteiger partial charge in [-0.25, -0.2) is 8.42 Å². The van der Waals surface area contributed by atoms with Gasteiger partial charge in [-0.05, 0) is 52.6 Å². The number of benzene rings is 4. The Hall–Kier alpha value is -5.69. The second-order valence-corrected chi connectivity index (χ2v) is 15.7. The second kappa shape index (κ2) is 14.7. The summed E-state index contributed by atoms with van der Waals surface area (Å²) in [7, 11) is -2.19. The first kappa shape index (κ1) is 35.7. The number of carbonyl (C=O) groups is 3. The first-order valence-corrected chi connectivity index (χ1v) is 19.5. The normalized spacial score (nSPS) is 15.6. The van der Waals surface area contributed by atoms with Crippen LogP contribution in [-0.2, 0) is 32.6 Å². The summed E-state index contributed by atoms with van der Waals surface area (Å²) in [6.07, 6.45) is 2.72. The Bertz CT molecular complexity index is 2390. The van der Waals surface area contributed by atoms with Crippen molar-refractivity contribution in [2.45, 2.75) is 31.8 Å². The predicted octanol–water partition coefficient (Wildman–Crippen LogP) is 4.15. The molecule has 12 nitrogen and oxygen atoms in total. The fourth-order valence-electron chi connectivity index (χ4n) is 7.09. The van der Waals surface area contributed by atoms with Crippen molar-refractivity contribution in [1.29, 1.82) is 0 Å². The molecule has 3 amide bonds. The molecule has 13 heteroatoms. The van der Waals surface area contributed by atoms with Gasteiger partial charge in [0.1, 0.15) is 11.6 Å². The number of fused-ring (bicyclic) bond motifs is 2. The minimum Gasteiger partial charge on any atom is -0.451 e. The Kier molecular flexibility index (Phi) is 9.93. The predicted molar refractivity (Wildman–Crippen MR) is 205 cm³/mol. The number of anilines is 2. The Morgan fingerprint density at radius 3 is 2.34 bits per heavy atom. The van der Waals surface area contributed by atoms with Crippen LogP contribution in [0, 0.1) is 0 Å². The van der Waals surface area contributed by atoms with E-state index < -0.39 is 27.4 Å². The van der Waals surface area contributed by atoms with Crippen LogP contribution in [0.1, 0.15) is 34.5 Å². The molecule has 1 aromatic heterocycles. The highest BCUT2D eigenvalue weighted by Gasteiger charge is 2.31. The molecule has 1 atom stereocenters. The summed E-state index contributed by atoms with van der Waals surface area (Å²) in [6.45, 7) is 3.31. The number of sulfonamides is 1. The highest BCUT2D eigenvalue weighted by atomic mass is 32.2. The zero-order valence-corrected chi connectivity index (χ0v) is 30.5. The van der Waals surface area contributed by atoms with Crippen molar-refractivity contribution in [3.63, 3.8) is 0 Å². The number of carbonyl (C=O) groups excluding carboxylic acids is 3. The fraction of sp³-hybridized carbons (Fsp3) is 0.300. The van der Waals surface area contributed by atoms with E-state index in [0.717, 1.165) is 57.2 Å². The third kappa shape index (κ3) is 7.75. The van der Waals surface area contributed by atoms with Crippen molar-refractivity contribution in [1.82, 2.24) is 15.1 Å². The lowest BCUT2D eigenvalue weighted by atomic mass is 10.0. The van der Waals surface area contributed by atoms with Crippen molar-refractivity contribution in [3.05, 3.63) is 118 Å². The van der Waals surface area contributed by atoms with Gasteiger partial charge in [0.15, 0.2) is 11.2 Å². The molecule has 0 aliphatic carbocycles. The van der Waals surface area contributed by atoms with Crippen molar-refractivity contribution >= 4 is 60.9 Å². The quantitative estimate of drug-likeness (QED) is 0.226. The third-order valence-electron chi connectivity index (χ3n) is 10.1. The summed E-state index contributed by atoms with van der Waals surface area (Å²) in [5.41, 5.74) is 2.82. The molecule has 3 heterocycles. The summed E-state index contributed by atoms with van der Waals surface area (Å²) in [5, 5.41) is 5.04. The van der Waals surface area contributed by atoms with Crippen LogP contribution in [-0.4, -0.2) is 88.0 Å². The van der Waals surface area contributed by atoms with Gasteiger partial charge in [-0.15, -0.1) is 0 Å². The molecule has 0 radical (unpaired) electrons. The van der Waals surface area contributed by atoms with Crippen LogP contribution in [0.3, 0.4) is 0 Å². The van der Waals surface area contributed by atoms with Gasteiger partial charge in [0.2, 0.25) is 21.8 Å². The summed E-state index contributed by atoms with van der Waals surface area (Å²) < 4.78 is 31.0. The largest absolute Gasteiger partial charge is 0.451 e. The van der Waals surface area contributed by atoms with Gasteiger partial charge < -0.3 is 24.4 Å². The van der Waals surface area contributed by atoms with Gasteiger partial charge in [0, 0.05) is 70.9 Å². The van der Waals surface area contributed by atoms with E-state index in [0.29, 0.717) is 39.1 Å². The maximum absolute atomic E-state index is 14.3. The lowest BCUT2D eigenvalue weighted by Gasteiger charge is -2.38. The fourth-order valence-corrected chi connectivity index (χ4v) is 7.59. The first-order valence-electron chi connectivity index (χ1n) is 17.6. The highest BCUT2D eigenvalue weighted by Crippen LogP contribution is 2.26. The van der Waals surface area contributed by atoms with E-state index >= 15 is 0 Å². The molecule has 2 aliphatic heterocycles. The summed E-state index contributed by atoms with van der Waals surface area (Å²) in [4.78, 5) is 59.4. The number of nitrogens with one attached hydrogen (secondary N) is 1. The molecule has 0 spiro atoms. The molecule has 1 N–H and O–H groups in total. The Balaban J connectivity index is 1.11. The van der Waals surface area contributed by atoms with Gasteiger partial charge >= 0.3 is 0 Å². The Morgan fingerprint density at radius 1 is 0.868 bits per heavy atom. The highest BCUT2D eigenvalue weighted by molar-refractivity contribution is 7.92. The van der Waals surface area contributed by atoms with Crippen LogP contribution in [0.2, 0.25) is 0 Å². The molecule has 7 rings (SSSR count). The number of piperazine rings is 1. The molecular formula is C40H41N5O7S. The maximum atomic E-state index is 14.3. The average molecular weight is 736 g/mol. The molecule has 2 saturated heterocycles. The number of para-hydroxylation sites is 1. The molecular weight excluding hydrogens is 695 g/mol. The Morgan fingerprint density at radius 2 is 1.60 bits per heavy atom. The van der Waals surface area contributed by atoms with Crippen molar-refractivity contribution in [2.24, 2.45) is 0 Å². The molecule has 4 aromatic carbocycles. The van der Waals surface area contributed by atoms with Crippen LogP contribution < -0.4 is 20.0 Å². The van der Waals surface area contributed by atoms with Crippen molar-refractivity contribution in [3.8, 4) is 0 Å². The van der Waals surface area contributed by atoms with Gasteiger partial charge in [-0.1, -0.05) is 60.7 Å². The molecule has 0 saturated carbocycles. The number of hydrogen-bond donors (Lipinski definition) is 1. The van der Waals surface area contributed by atoms with Crippen LogP contribution in [0.4, 0.5) is 11.4 Å². The van der Waals surface area contributed by atoms with Crippen LogP contribution in [0.15, 0.2) is 100 Å². The van der Waals surface area contributed by atoms with E-state index in [4.69, 9.17) is 4.42 Å². The van der Waals surface area contributed by atoms with Gasteiger partial charge in [-0.2, -0.15) is 0 Å². The summed E-state index contributed by atoms with van der Waals surface area (Å²) in [5.74, 6) is -1.06. The van der Waals surface area contributed by atoms with Crippen LogP contribution >= 0.6 is 0 Å². The SMILES string of the molecule is CN(c1ccc2oc(C(=O)N[C@H](Cc3ccc4ccccc4c3)C(=O)N3CCN(c4ccccc4CN4CCCC4=O)CC3)cc(=O)c2c1)S(C)(=O)=O. The number of hydrogen-bond acceptors (Lipinski definition) is 8. The summed E-state index contributed by atoms with van der Waals surface area (Å²) >= 11 is 0. The van der Waals surface area contributed by atoms with Crippen molar-refractivity contribution in [2.75, 3.05) is 55.2 Å². The number of likely N-dealkylation sites (tertiary alicyclic amines) is 1. The van der Waals surface area contributed by atoms with Crippen LogP contribution in [0.25, 0.3) is 21.7 Å². The third-order valence-corrected chi connectivity index (χ3v) is 11.3. The zero-order chi connectivity index (χ0) is 37.3. The Labute approximate surface area is 307 Å². The number of amides is 3. The monoisotopic (exact) mass is 735 g/mol.